The second-order valence-corrected chi connectivity index (χ2v) is 4.27. The fraction of sp³-hybridized carbons (Fsp3) is 0.583. The highest BCUT2D eigenvalue weighted by Gasteiger charge is 2.25. The molecule has 0 atom stereocenters. The first-order valence-corrected chi connectivity index (χ1v) is 5.66. The smallest absolute Gasteiger partial charge is 0.241 e. The number of pyridine rings is 1. The van der Waals surface area contributed by atoms with E-state index in [4.69, 9.17) is 0 Å². The topological polar surface area (TPSA) is 16.1 Å². The van der Waals surface area contributed by atoms with Crippen LogP contribution in [0.3, 0.4) is 0 Å². The average Bonchev–Trinajstić information content (AvgIpc) is 2.31. The zero-order valence-corrected chi connectivity index (χ0v) is 9.15. The molecule has 0 radical (unpaired) electrons. The van der Waals surface area contributed by atoms with Crippen LogP contribution in [0, 0.1) is 5.92 Å². The van der Waals surface area contributed by atoms with Gasteiger partial charge in [-0.25, -0.2) is 8.78 Å². The number of hydrogen-bond donors (Lipinski definition) is 0. The lowest BCUT2D eigenvalue weighted by molar-refractivity contribution is 0.0333. The summed E-state index contributed by atoms with van der Waals surface area (Å²) in [5.74, 6) is -0.403. The molecular weight excluding hydrogens is 210 g/mol. The standard InChI is InChI=1S/C12H16F2N2/c13-12(14)10-4-7-16(8-5-10)9-11-3-1-2-6-15-11/h1-3,6,10,12H,4-5,7-9H2. The van der Waals surface area contributed by atoms with Crippen molar-refractivity contribution in [2.75, 3.05) is 13.1 Å². The van der Waals surface area contributed by atoms with Gasteiger partial charge in [0.2, 0.25) is 6.43 Å². The van der Waals surface area contributed by atoms with Gasteiger partial charge >= 0.3 is 0 Å². The molecule has 0 saturated carbocycles. The fourth-order valence-corrected chi connectivity index (χ4v) is 2.08. The third kappa shape index (κ3) is 2.98. The van der Waals surface area contributed by atoms with Crippen LogP contribution in [0.1, 0.15) is 18.5 Å². The van der Waals surface area contributed by atoms with Gasteiger partial charge in [0.25, 0.3) is 0 Å². The minimum Gasteiger partial charge on any atom is -0.297 e. The van der Waals surface area contributed by atoms with E-state index in [-0.39, 0.29) is 0 Å². The van der Waals surface area contributed by atoms with E-state index in [1.54, 1.807) is 6.20 Å². The van der Waals surface area contributed by atoms with Gasteiger partial charge in [-0.1, -0.05) is 6.07 Å². The van der Waals surface area contributed by atoms with Crippen molar-refractivity contribution >= 4 is 0 Å². The van der Waals surface area contributed by atoms with Crippen molar-refractivity contribution in [1.29, 1.82) is 0 Å². The van der Waals surface area contributed by atoms with Crippen LogP contribution in [0.4, 0.5) is 8.78 Å². The van der Waals surface area contributed by atoms with Gasteiger partial charge in [-0.3, -0.25) is 9.88 Å². The maximum absolute atomic E-state index is 12.4. The second kappa shape index (κ2) is 5.34. The van der Waals surface area contributed by atoms with Gasteiger partial charge < -0.3 is 0 Å². The molecule has 1 aromatic rings. The molecule has 4 heteroatoms. The minimum atomic E-state index is -2.16. The molecule has 1 aliphatic rings. The summed E-state index contributed by atoms with van der Waals surface area (Å²) in [6, 6.07) is 5.81. The Morgan fingerprint density at radius 1 is 1.31 bits per heavy atom. The first-order chi connectivity index (χ1) is 7.75. The number of halogens is 2. The summed E-state index contributed by atoms with van der Waals surface area (Å²) >= 11 is 0. The molecule has 0 amide bonds. The Balaban J connectivity index is 1.82. The van der Waals surface area contributed by atoms with E-state index < -0.39 is 12.3 Å². The Bertz CT molecular complexity index is 308. The Labute approximate surface area is 94.3 Å². The van der Waals surface area contributed by atoms with Crippen LogP contribution in [0.5, 0.6) is 0 Å². The lowest BCUT2D eigenvalue weighted by Crippen LogP contribution is -2.35. The largest absolute Gasteiger partial charge is 0.297 e. The Morgan fingerprint density at radius 2 is 2.06 bits per heavy atom. The van der Waals surface area contributed by atoms with Crippen molar-refractivity contribution in [2.24, 2.45) is 5.92 Å². The van der Waals surface area contributed by atoms with E-state index >= 15 is 0 Å². The van der Waals surface area contributed by atoms with Crippen molar-refractivity contribution < 1.29 is 8.78 Å². The molecule has 0 aromatic carbocycles. The second-order valence-electron chi connectivity index (χ2n) is 4.27. The molecule has 0 N–H and O–H groups in total. The molecule has 0 aliphatic carbocycles. The molecule has 0 bridgehead atoms. The molecule has 2 rings (SSSR count). The maximum Gasteiger partial charge on any atom is 0.241 e. The summed E-state index contributed by atoms with van der Waals surface area (Å²) in [5, 5.41) is 0. The summed E-state index contributed by atoms with van der Waals surface area (Å²) in [5.41, 5.74) is 1.01. The van der Waals surface area contributed by atoms with Crippen LogP contribution < -0.4 is 0 Å². The van der Waals surface area contributed by atoms with E-state index in [0.717, 1.165) is 25.3 Å². The van der Waals surface area contributed by atoms with Crippen molar-refractivity contribution in [1.82, 2.24) is 9.88 Å². The predicted molar refractivity (Wildman–Crippen MR) is 58.2 cm³/mol. The molecule has 1 fully saturated rings. The van der Waals surface area contributed by atoms with Crippen molar-refractivity contribution in [2.45, 2.75) is 25.8 Å². The quantitative estimate of drug-likeness (QED) is 0.787. The zero-order valence-electron chi connectivity index (χ0n) is 9.15. The molecule has 16 heavy (non-hydrogen) atoms. The molecule has 1 aromatic heterocycles. The van der Waals surface area contributed by atoms with Crippen molar-refractivity contribution in [3.05, 3.63) is 30.1 Å². The van der Waals surface area contributed by atoms with Gasteiger partial charge in [0.15, 0.2) is 0 Å². The molecule has 2 heterocycles. The van der Waals surface area contributed by atoms with Gasteiger partial charge in [0.1, 0.15) is 0 Å². The maximum atomic E-state index is 12.4. The summed E-state index contributed by atoms with van der Waals surface area (Å²) in [6.07, 6.45) is 0.813. The van der Waals surface area contributed by atoms with Crippen LogP contribution >= 0.6 is 0 Å². The summed E-state index contributed by atoms with van der Waals surface area (Å²) in [6.45, 7) is 2.29. The van der Waals surface area contributed by atoms with Gasteiger partial charge in [-0.15, -0.1) is 0 Å². The number of likely N-dealkylation sites (tertiary alicyclic amines) is 1. The third-order valence-electron chi connectivity index (χ3n) is 3.10. The van der Waals surface area contributed by atoms with E-state index in [2.05, 4.69) is 9.88 Å². The predicted octanol–water partition coefficient (Wildman–Crippen LogP) is 2.56. The summed E-state index contributed by atoms with van der Waals surface area (Å²) in [4.78, 5) is 6.43. The minimum absolute atomic E-state index is 0.403. The first kappa shape index (κ1) is 11.5. The van der Waals surface area contributed by atoms with Crippen LogP contribution in [-0.2, 0) is 6.54 Å². The van der Waals surface area contributed by atoms with Crippen LogP contribution in [-0.4, -0.2) is 29.4 Å². The molecular formula is C12H16F2N2. The summed E-state index contributed by atoms with van der Waals surface area (Å²) < 4.78 is 24.9. The van der Waals surface area contributed by atoms with Crippen LogP contribution in [0.15, 0.2) is 24.4 Å². The highest BCUT2D eigenvalue weighted by Crippen LogP contribution is 2.24. The average molecular weight is 226 g/mol. The number of rotatable bonds is 3. The number of nitrogens with zero attached hydrogens (tertiary/aromatic N) is 2. The van der Waals surface area contributed by atoms with E-state index in [1.807, 2.05) is 18.2 Å². The molecule has 0 unspecified atom stereocenters. The van der Waals surface area contributed by atoms with Gasteiger partial charge in [0, 0.05) is 18.7 Å². The van der Waals surface area contributed by atoms with Crippen molar-refractivity contribution in [3.63, 3.8) is 0 Å². The SMILES string of the molecule is FC(F)C1CCN(Cc2ccccn2)CC1. The van der Waals surface area contributed by atoms with E-state index in [1.165, 1.54) is 0 Å². The lowest BCUT2D eigenvalue weighted by Gasteiger charge is -2.31. The lowest BCUT2D eigenvalue weighted by atomic mass is 9.97. The molecule has 2 nitrogen and oxygen atoms in total. The van der Waals surface area contributed by atoms with E-state index in [0.29, 0.717) is 12.8 Å². The monoisotopic (exact) mass is 226 g/mol. The normalized spacial score (nSPS) is 19.2. The fourth-order valence-electron chi connectivity index (χ4n) is 2.08. The molecule has 88 valence electrons. The Morgan fingerprint density at radius 3 is 2.62 bits per heavy atom. The van der Waals surface area contributed by atoms with Gasteiger partial charge in [-0.05, 0) is 38.1 Å². The highest BCUT2D eigenvalue weighted by molar-refractivity contribution is 5.03. The Kier molecular flexibility index (Phi) is 3.83. The number of piperidine rings is 1. The van der Waals surface area contributed by atoms with Crippen LogP contribution in [0.2, 0.25) is 0 Å². The third-order valence-corrected chi connectivity index (χ3v) is 3.10. The zero-order chi connectivity index (χ0) is 11.4. The number of alkyl halides is 2. The van der Waals surface area contributed by atoms with E-state index in [9.17, 15) is 8.78 Å². The molecule has 1 aliphatic heterocycles. The number of aromatic nitrogens is 1. The van der Waals surface area contributed by atoms with Crippen LogP contribution in [0.25, 0.3) is 0 Å². The first-order valence-electron chi connectivity index (χ1n) is 5.66. The van der Waals surface area contributed by atoms with Gasteiger partial charge in [0.05, 0.1) is 5.69 Å². The number of hydrogen-bond acceptors (Lipinski definition) is 2. The molecule has 1 saturated heterocycles. The molecule has 0 spiro atoms. The Hall–Kier alpha value is -1.03. The summed E-state index contributed by atoms with van der Waals surface area (Å²) in [7, 11) is 0. The van der Waals surface area contributed by atoms with Crippen molar-refractivity contribution in [3.8, 4) is 0 Å². The highest BCUT2D eigenvalue weighted by atomic mass is 19.3. The van der Waals surface area contributed by atoms with Gasteiger partial charge in [-0.2, -0.15) is 0 Å².